The molecule has 2 aromatic rings. The molecule has 0 spiro atoms. The smallest absolute Gasteiger partial charge is 0.162 e. The van der Waals surface area contributed by atoms with Crippen molar-refractivity contribution >= 4 is 0 Å². The predicted octanol–water partition coefficient (Wildman–Crippen LogP) is 3.88. The molecule has 3 nitrogen and oxygen atoms in total. The summed E-state index contributed by atoms with van der Waals surface area (Å²) in [7, 11) is 0. The van der Waals surface area contributed by atoms with E-state index in [-0.39, 0.29) is 12.4 Å². The fraction of sp³-hybridized carbons (Fsp3) is 0.375. The molecular formula is C16H19F2NO2. The van der Waals surface area contributed by atoms with Gasteiger partial charge in [0, 0.05) is 6.07 Å². The van der Waals surface area contributed by atoms with Crippen molar-refractivity contribution in [3.8, 4) is 5.75 Å². The molecule has 5 heteroatoms. The summed E-state index contributed by atoms with van der Waals surface area (Å²) in [5.41, 5.74) is 0. The first-order valence-corrected chi connectivity index (χ1v) is 6.90. The van der Waals surface area contributed by atoms with E-state index in [4.69, 9.17) is 9.15 Å². The van der Waals surface area contributed by atoms with E-state index >= 15 is 0 Å². The Balaban J connectivity index is 1.83. The molecule has 0 radical (unpaired) electrons. The van der Waals surface area contributed by atoms with E-state index in [1.54, 1.807) is 0 Å². The molecule has 21 heavy (non-hydrogen) atoms. The molecule has 0 saturated carbocycles. The lowest BCUT2D eigenvalue weighted by Crippen LogP contribution is -2.18. The maximum absolute atomic E-state index is 13.0. The summed E-state index contributed by atoms with van der Waals surface area (Å²) in [6.45, 7) is 6.02. The second-order valence-electron chi connectivity index (χ2n) is 5.26. The van der Waals surface area contributed by atoms with Gasteiger partial charge in [0.25, 0.3) is 0 Å². The predicted molar refractivity (Wildman–Crippen MR) is 75.9 cm³/mol. The molecule has 0 atom stereocenters. The molecule has 2 rings (SSSR count). The number of hydrogen-bond acceptors (Lipinski definition) is 3. The topological polar surface area (TPSA) is 34.4 Å². The average molecular weight is 295 g/mol. The highest BCUT2D eigenvalue weighted by molar-refractivity contribution is 5.23. The number of ether oxygens (including phenoxy) is 1. The van der Waals surface area contributed by atoms with Crippen LogP contribution in [0.15, 0.2) is 34.7 Å². The van der Waals surface area contributed by atoms with E-state index in [1.807, 2.05) is 12.1 Å². The zero-order valence-electron chi connectivity index (χ0n) is 12.2. The summed E-state index contributed by atoms with van der Waals surface area (Å²) in [6.07, 6.45) is 0. The monoisotopic (exact) mass is 295 g/mol. The highest BCUT2D eigenvalue weighted by atomic mass is 19.2. The number of hydrogen-bond donors (Lipinski definition) is 1. The molecule has 0 amide bonds. The average Bonchev–Trinajstić information content (AvgIpc) is 2.88. The van der Waals surface area contributed by atoms with Crippen LogP contribution in [0.2, 0.25) is 0 Å². The second kappa shape index (κ2) is 7.22. The Kier molecular flexibility index (Phi) is 5.33. The van der Waals surface area contributed by atoms with Crippen molar-refractivity contribution in [3.63, 3.8) is 0 Å². The molecule has 0 unspecified atom stereocenters. The largest absolute Gasteiger partial charge is 0.486 e. The van der Waals surface area contributed by atoms with Crippen LogP contribution in [0.4, 0.5) is 8.78 Å². The molecule has 0 fully saturated rings. The van der Waals surface area contributed by atoms with Gasteiger partial charge in [0.2, 0.25) is 0 Å². The van der Waals surface area contributed by atoms with Crippen LogP contribution in [0.3, 0.4) is 0 Å². The highest BCUT2D eigenvalue weighted by Gasteiger charge is 2.06. The van der Waals surface area contributed by atoms with Gasteiger partial charge in [-0.1, -0.05) is 13.8 Å². The lowest BCUT2D eigenvalue weighted by Gasteiger charge is -2.06. The molecule has 1 heterocycles. The summed E-state index contributed by atoms with van der Waals surface area (Å²) < 4.78 is 36.8. The van der Waals surface area contributed by atoms with Crippen molar-refractivity contribution in [1.82, 2.24) is 5.32 Å². The maximum Gasteiger partial charge on any atom is 0.162 e. The normalized spacial score (nSPS) is 11.1. The SMILES string of the molecule is CC(C)CNCc1ccc(COc2ccc(F)c(F)c2)o1. The van der Waals surface area contributed by atoms with Crippen molar-refractivity contribution in [2.45, 2.75) is 27.0 Å². The van der Waals surface area contributed by atoms with E-state index in [1.165, 1.54) is 6.07 Å². The number of halogens is 2. The van der Waals surface area contributed by atoms with Crippen LogP contribution in [0, 0.1) is 17.6 Å². The Morgan fingerprint density at radius 3 is 2.57 bits per heavy atom. The van der Waals surface area contributed by atoms with Crippen molar-refractivity contribution < 1.29 is 17.9 Å². The Bertz CT molecular complexity index is 581. The lowest BCUT2D eigenvalue weighted by atomic mass is 10.2. The van der Waals surface area contributed by atoms with Gasteiger partial charge in [0.1, 0.15) is 23.9 Å². The third-order valence-electron chi connectivity index (χ3n) is 2.84. The van der Waals surface area contributed by atoms with Crippen LogP contribution >= 0.6 is 0 Å². The fourth-order valence-corrected chi connectivity index (χ4v) is 1.80. The molecular weight excluding hydrogens is 276 g/mol. The summed E-state index contributed by atoms with van der Waals surface area (Å²) in [6, 6.07) is 7.12. The fourth-order valence-electron chi connectivity index (χ4n) is 1.80. The standard InChI is InChI=1S/C16H19F2NO2/c1-11(2)8-19-9-13-3-4-14(21-13)10-20-12-5-6-15(17)16(18)7-12/h3-7,11,19H,8-10H2,1-2H3. The maximum atomic E-state index is 13.0. The van der Waals surface area contributed by atoms with E-state index < -0.39 is 11.6 Å². The van der Waals surface area contributed by atoms with Crippen molar-refractivity contribution in [2.75, 3.05) is 6.54 Å². The van der Waals surface area contributed by atoms with E-state index in [0.717, 1.165) is 24.4 Å². The first kappa shape index (κ1) is 15.5. The van der Waals surface area contributed by atoms with Crippen LogP contribution < -0.4 is 10.1 Å². The zero-order valence-corrected chi connectivity index (χ0v) is 12.2. The van der Waals surface area contributed by atoms with Crippen LogP contribution in [0.25, 0.3) is 0 Å². The van der Waals surface area contributed by atoms with Crippen LogP contribution in [0.1, 0.15) is 25.4 Å². The van der Waals surface area contributed by atoms with Crippen molar-refractivity contribution in [3.05, 3.63) is 53.5 Å². The Morgan fingerprint density at radius 1 is 1.10 bits per heavy atom. The Morgan fingerprint density at radius 2 is 1.86 bits per heavy atom. The van der Waals surface area contributed by atoms with Crippen LogP contribution in [0.5, 0.6) is 5.75 Å². The zero-order chi connectivity index (χ0) is 15.2. The van der Waals surface area contributed by atoms with Crippen molar-refractivity contribution in [2.24, 2.45) is 5.92 Å². The highest BCUT2D eigenvalue weighted by Crippen LogP contribution is 2.17. The molecule has 0 aliphatic rings. The number of nitrogens with one attached hydrogen (secondary N) is 1. The first-order valence-electron chi connectivity index (χ1n) is 6.90. The molecule has 0 saturated heterocycles. The summed E-state index contributed by atoms with van der Waals surface area (Å²) in [5, 5.41) is 3.28. The third-order valence-corrected chi connectivity index (χ3v) is 2.84. The number of benzene rings is 1. The molecule has 1 aromatic carbocycles. The van der Waals surface area contributed by atoms with Gasteiger partial charge in [-0.05, 0) is 36.7 Å². The second-order valence-corrected chi connectivity index (χ2v) is 5.26. The minimum absolute atomic E-state index is 0.176. The van der Waals surface area contributed by atoms with Crippen molar-refractivity contribution in [1.29, 1.82) is 0 Å². The van der Waals surface area contributed by atoms with Gasteiger partial charge >= 0.3 is 0 Å². The lowest BCUT2D eigenvalue weighted by molar-refractivity contribution is 0.263. The van der Waals surface area contributed by atoms with E-state index in [0.29, 0.717) is 18.2 Å². The van der Waals surface area contributed by atoms with Gasteiger partial charge in [0.15, 0.2) is 11.6 Å². The van der Waals surface area contributed by atoms with E-state index in [2.05, 4.69) is 19.2 Å². The first-order chi connectivity index (χ1) is 10.0. The molecule has 0 aliphatic carbocycles. The molecule has 0 aliphatic heterocycles. The minimum atomic E-state index is -0.925. The summed E-state index contributed by atoms with van der Waals surface area (Å²) in [5.74, 6) is 0.492. The summed E-state index contributed by atoms with van der Waals surface area (Å²) >= 11 is 0. The minimum Gasteiger partial charge on any atom is -0.486 e. The van der Waals surface area contributed by atoms with Gasteiger partial charge in [-0.25, -0.2) is 8.78 Å². The van der Waals surface area contributed by atoms with E-state index in [9.17, 15) is 8.78 Å². The molecule has 114 valence electrons. The summed E-state index contributed by atoms with van der Waals surface area (Å²) in [4.78, 5) is 0. The Hall–Kier alpha value is -1.88. The molecule has 1 aromatic heterocycles. The quantitative estimate of drug-likeness (QED) is 0.841. The molecule has 0 bridgehead atoms. The van der Waals surface area contributed by atoms with Gasteiger partial charge in [-0.2, -0.15) is 0 Å². The van der Waals surface area contributed by atoms with Gasteiger partial charge in [0.05, 0.1) is 6.54 Å². The number of furan rings is 1. The van der Waals surface area contributed by atoms with Crippen LogP contribution in [-0.2, 0) is 13.2 Å². The van der Waals surface area contributed by atoms with Gasteiger partial charge in [-0.15, -0.1) is 0 Å². The Labute approximate surface area is 122 Å². The van der Waals surface area contributed by atoms with Gasteiger partial charge in [-0.3, -0.25) is 0 Å². The van der Waals surface area contributed by atoms with Gasteiger partial charge < -0.3 is 14.5 Å². The third kappa shape index (κ3) is 4.86. The number of rotatable bonds is 7. The van der Waals surface area contributed by atoms with Crippen LogP contribution in [-0.4, -0.2) is 6.54 Å². The molecule has 1 N–H and O–H groups in total.